The Bertz CT molecular complexity index is 853. The van der Waals surface area contributed by atoms with E-state index in [1.807, 2.05) is 17.7 Å². The molecule has 0 radical (unpaired) electrons. The van der Waals surface area contributed by atoms with Gasteiger partial charge in [0.15, 0.2) is 11.9 Å². The molecule has 3 aromatic rings. The predicted molar refractivity (Wildman–Crippen MR) is 80.8 cm³/mol. The average Bonchev–Trinajstić information content (AvgIpc) is 3.03. The normalized spacial score (nSPS) is 12.5. The second-order valence-corrected chi connectivity index (χ2v) is 5.48. The Morgan fingerprint density at radius 2 is 2.18 bits per heavy atom. The number of aromatic nitrogens is 3. The van der Waals surface area contributed by atoms with Crippen LogP contribution < -0.4 is 0 Å². The number of ether oxygens (including phenoxy) is 1. The number of hydrogen-bond acceptors (Lipinski definition) is 5. The van der Waals surface area contributed by atoms with E-state index in [0.29, 0.717) is 16.5 Å². The molecular weight excluding hydrogens is 306 g/mol. The Morgan fingerprint density at radius 3 is 2.86 bits per heavy atom. The van der Waals surface area contributed by atoms with Gasteiger partial charge < -0.3 is 13.8 Å². The Kier molecular flexibility index (Phi) is 3.62. The zero-order valence-corrected chi connectivity index (χ0v) is 13.1. The third-order valence-corrected chi connectivity index (χ3v) is 3.59. The zero-order valence-electron chi connectivity index (χ0n) is 12.3. The molecular formula is C15H14ClN3O3. The summed E-state index contributed by atoms with van der Waals surface area (Å²) >= 11 is 5.97. The minimum Gasteiger partial charge on any atom is -0.449 e. The molecule has 7 heteroatoms. The molecule has 0 bridgehead atoms. The Morgan fingerprint density at radius 1 is 1.41 bits per heavy atom. The molecule has 0 N–H and O–H groups in total. The van der Waals surface area contributed by atoms with Crippen LogP contribution in [0.4, 0.5) is 0 Å². The molecule has 0 aliphatic heterocycles. The second-order valence-electron chi connectivity index (χ2n) is 5.04. The van der Waals surface area contributed by atoms with Crippen LogP contribution in [0.15, 0.2) is 28.8 Å². The number of imidazole rings is 1. The van der Waals surface area contributed by atoms with Crippen LogP contribution in [0.1, 0.15) is 35.1 Å². The molecule has 2 heterocycles. The molecule has 0 amide bonds. The van der Waals surface area contributed by atoms with Crippen molar-refractivity contribution in [2.24, 2.45) is 7.05 Å². The quantitative estimate of drug-likeness (QED) is 0.692. The molecule has 114 valence electrons. The average molecular weight is 320 g/mol. The van der Waals surface area contributed by atoms with Gasteiger partial charge in [-0.05, 0) is 32.0 Å². The number of rotatable bonds is 3. The van der Waals surface area contributed by atoms with Crippen LogP contribution in [0.3, 0.4) is 0 Å². The summed E-state index contributed by atoms with van der Waals surface area (Å²) in [6.07, 6.45) is -0.533. The molecule has 6 nitrogen and oxygen atoms in total. The van der Waals surface area contributed by atoms with Gasteiger partial charge in [-0.15, -0.1) is 0 Å². The van der Waals surface area contributed by atoms with Crippen molar-refractivity contribution in [2.45, 2.75) is 20.0 Å². The van der Waals surface area contributed by atoms with E-state index in [1.165, 1.54) is 6.07 Å². The first kappa shape index (κ1) is 14.6. The van der Waals surface area contributed by atoms with E-state index < -0.39 is 12.1 Å². The van der Waals surface area contributed by atoms with E-state index >= 15 is 0 Å². The molecule has 0 aliphatic rings. The smallest absolute Gasteiger partial charge is 0.377 e. The Labute approximate surface area is 131 Å². The lowest BCUT2D eigenvalue weighted by Gasteiger charge is -2.11. The third kappa shape index (κ3) is 2.57. The minimum atomic E-state index is -0.571. The summed E-state index contributed by atoms with van der Waals surface area (Å²) in [6, 6.07) is 6.98. The van der Waals surface area contributed by atoms with Crippen molar-refractivity contribution in [1.29, 1.82) is 0 Å². The summed E-state index contributed by atoms with van der Waals surface area (Å²) in [6.45, 7) is 3.49. The molecule has 0 saturated carbocycles. The first-order valence-electron chi connectivity index (χ1n) is 6.72. The van der Waals surface area contributed by atoms with Crippen LogP contribution >= 0.6 is 11.6 Å². The highest BCUT2D eigenvalue weighted by atomic mass is 35.5. The Balaban J connectivity index is 1.87. The fourth-order valence-corrected chi connectivity index (χ4v) is 2.45. The number of fused-ring (bicyclic) bond motifs is 1. The first-order valence-corrected chi connectivity index (χ1v) is 7.09. The van der Waals surface area contributed by atoms with Crippen LogP contribution in [-0.2, 0) is 11.8 Å². The predicted octanol–water partition coefficient (Wildman–Crippen LogP) is 3.44. The monoisotopic (exact) mass is 319 g/mol. The van der Waals surface area contributed by atoms with Gasteiger partial charge in [-0.3, -0.25) is 0 Å². The van der Waals surface area contributed by atoms with Gasteiger partial charge in [0.1, 0.15) is 0 Å². The molecule has 0 fully saturated rings. The maximum atomic E-state index is 12.0. The van der Waals surface area contributed by atoms with Crippen molar-refractivity contribution in [2.75, 3.05) is 0 Å². The molecule has 0 aliphatic carbocycles. The lowest BCUT2D eigenvalue weighted by Crippen LogP contribution is -2.12. The standard InChI is InChI=1S/C15H14ClN3O3/c1-8-6-13(22-18-8)15(20)21-9(2)14-17-11-7-10(16)4-5-12(11)19(14)3/h4-7,9H,1-3H3/t9-/m0/s1. The highest BCUT2D eigenvalue weighted by molar-refractivity contribution is 6.31. The van der Waals surface area contributed by atoms with Crippen molar-refractivity contribution < 1.29 is 14.1 Å². The largest absolute Gasteiger partial charge is 0.449 e. The van der Waals surface area contributed by atoms with Crippen molar-refractivity contribution in [3.05, 3.63) is 46.6 Å². The van der Waals surface area contributed by atoms with E-state index in [2.05, 4.69) is 10.1 Å². The topological polar surface area (TPSA) is 70.2 Å². The van der Waals surface area contributed by atoms with E-state index in [-0.39, 0.29) is 5.76 Å². The maximum absolute atomic E-state index is 12.0. The SMILES string of the molecule is Cc1cc(C(=O)O[C@@H](C)c2nc3cc(Cl)ccc3n2C)on1. The molecule has 22 heavy (non-hydrogen) atoms. The molecule has 0 spiro atoms. The van der Waals surface area contributed by atoms with Crippen molar-refractivity contribution in [3.8, 4) is 0 Å². The fourth-order valence-electron chi connectivity index (χ4n) is 2.29. The first-order chi connectivity index (χ1) is 10.5. The van der Waals surface area contributed by atoms with E-state index in [9.17, 15) is 4.79 Å². The van der Waals surface area contributed by atoms with Gasteiger partial charge >= 0.3 is 5.97 Å². The highest BCUT2D eigenvalue weighted by Crippen LogP contribution is 2.24. The van der Waals surface area contributed by atoms with Crippen LogP contribution in [0, 0.1) is 6.92 Å². The lowest BCUT2D eigenvalue weighted by molar-refractivity contribution is 0.0269. The number of aryl methyl sites for hydroxylation is 2. The minimum absolute atomic E-state index is 0.0751. The van der Waals surface area contributed by atoms with E-state index in [0.717, 1.165) is 11.0 Å². The summed E-state index contributed by atoms with van der Waals surface area (Å²) in [5, 5.41) is 4.28. The summed E-state index contributed by atoms with van der Waals surface area (Å²) in [4.78, 5) is 16.5. The summed E-state index contributed by atoms with van der Waals surface area (Å²) in [7, 11) is 1.86. The van der Waals surface area contributed by atoms with Crippen molar-refractivity contribution >= 4 is 28.6 Å². The maximum Gasteiger partial charge on any atom is 0.377 e. The second kappa shape index (κ2) is 5.46. The molecule has 2 aromatic heterocycles. The summed E-state index contributed by atoms with van der Waals surface area (Å²) in [5.74, 6) is 0.131. The number of carbonyl (C=O) groups excluding carboxylic acids is 1. The lowest BCUT2D eigenvalue weighted by atomic mass is 10.3. The van der Waals surface area contributed by atoms with Crippen LogP contribution in [-0.4, -0.2) is 20.7 Å². The fraction of sp³-hybridized carbons (Fsp3) is 0.267. The van der Waals surface area contributed by atoms with Crippen LogP contribution in [0.5, 0.6) is 0 Å². The van der Waals surface area contributed by atoms with Gasteiger partial charge in [0.2, 0.25) is 5.76 Å². The highest BCUT2D eigenvalue weighted by Gasteiger charge is 2.21. The van der Waals surface area contributed by atoms with Crippen LogP contribution in [0.25, 0.3) is 11.0 Å². The molecule has 0 unspecified atom stereocenters. The number of benzene rings is 1. The number of halogens is 1. The third-order valence-electron chi connectivity index (χ3n) is 3.35. The van der Waals surface area contributed by atoms with Gasteiger partial charge in [0, 0.05) is 18.1 Å². The van der Waals surface area contributed by atoms with Gasteiger partial charge in [0.25, 0.3) is 0 Å². The van der Waals surface area contributed by atoms with E-state index in [1.54, 1.807) is 26.0 Å². The molecule has 1 atom stereocenters. The van der Waals surface area contributed by atoms with Crippen LogP contribution in [0.2, 0.25) is 5.02 Å². The van der Waals surface area contributed by atoms with Gasteiger partial charge in [-0.25, -0.2) is 9.78 Å². The molecule has 3 rings (SSSR count). The van der Waals surface area contributed by atoms with Gasteiger partial charge in [-0.1, -0.05) is 16.8 Å². The van der Waals surface area contributed by atoms with Gasteiger partial charge in [-0.2, -0.15) is 0 Å². The Hall–Kier alpha value is -2.34. The van der Waals surface area contributed by atoms with Crippen molar-refractivity contribution in [1.82, 2.24) is 14.7 Å². The zero-order chi connectivity index (χ0) is 15.9. The summed E-state index contributed by atoms with van der Waals surface area (Å²) < 4.78 is 12.2. The van der Waals surface area contributed by atoms with Gasteiger partial charge in [0.05, 0.1) is 16.7 Å². The van der Waals surface area contributed by atoms with E-state index in [4.69, 9.17) is 20.9 Å². The number of carbonyl (C=O) groups is 1. The number of hydrogen-bond donors (Lipinski definition) is 0. The number of esters is 1. The molecule has 1 aromatic carbocycles. The van der Waals surface area contributed by atoms with Crippen molar-refractivity contribution in [3.63, 3.8) is 0 Å². The summed E-state index contributed by atoms with van der Waals surface area (Å²) in [5.41, 5.74) is 2.29. The molecule has 0 saturated heterocycles. The number of nitrogens with zero attached hydrogens (tertiary/aromatic N) is 3.